The number of aromatic nitrogens is 1. The van der Waals surface area contributed by atoms with Gasteiger partial charge < -0.3 is 10.2 Å². The lowest BCUT2D eigenvalue weighted by Gasteiger charge is -2.06. The molecule has 1 aromatic carbocycles. The van der Waals surface area contributed by atoms with Gasteiger partial charge in [-0.2, -0.15) is 0 Å². The third-order valence-corrected chi connectivity index (χ3v) is 2.27. The Morgan fingerprint density at radius 3 is 2.71 bits per heavy atom. The molecule has 0 atom stereocenters. The highest BCUT2D eigenvalue weighted by Crippen LogP contribution is 2.28. The molecule has 14 heavy (non-hydrogen) atoms. The maximum Gasteiger partial charge on any atom is 0.192 e. The van der Waals surface area contributed by atoms with Gasteiger partial charge in [-0.1, -0.05) is 13.8 Å². The van der Waals surface area contributed by atoms with Crippen LogP contribution in [0.25, 0.3) is 11.1 Å². The SMILES string of the molecule is Cc1nc2cc(N)cc(C(C)C)c2o1. The predicted molar refractivity (Wildman–Crippen MR) is 57.2 cm³/mol. The van der Waals surface area contributed by atoms with Crippen molar-refractivity contribution in [2.45, 2.75) is 26.7 Å². The summed E-state index contributed by atoms with van der Waals surface area (Å²) in [6.45, 7) is 6.08. The molecule has 2 aromatic rings. The Labute approximate surface area is 82.9 Å². The van der Waals surface area contributed by atoms with Gasteiger partial charge >= 0.3 is 0 Å². The Hall–Kier alpha value is -1.51. The number of benzene rings is 1. The van der Waals surface area contributed by atoms with E-state index in [0.29, 0.717) is 11.8 Å². The molecule has 1 aromatic heterocycles. The van der Waals surface area contributed by atoms with Crippen LogP contribution < -0.4 is 5.73 Å². The van der Waals surface area contributed by atoms with Gasteiger partial charge in [0, 0.05) is 18.2 Å². The van der Waals surface area contributed by atoms with Crippen LogP contribution in [0.3, 0.4) is 0 Å². The minimum absolute atomic E-state index is 0.397. The highest BCUT2D eigenvalue weighted by atomic mass is 16.3. The highest BCUT2D eigenvalue weighted by molar-refractivity contribution is 5.81. The number of anilines is 1. The molecule has 0 fully saturated rings. The lowest BCUT2D eigenvalue weighted by atomic mass is 10.0. The monoisotopic (exact) mass is 190 g/mol. The Balaban J connectivity index is 2.79. The molecule has 2 rings (SSSR count). The molecule has 0 unspecified atom stereocenters. The minimum Gasteiger partial charge on any atom is -0.441 e. The topological polar surface area (TPSA) is 52.0 Å². The van der Waals surface area contributed by atoms with Crippen LogP contribution >= 0.6 is 0 Å². The molecule has 0 radical (unpaired) electrons. The molecule has 1 heterocycles. The van der Waals surface area contributed by atoms with Gasteiger partial charge in [-0.15, -0.1) is 0 Å². The third kappa shape index (κ3) is 1.35. The van der Waals surface area contributed by atoms with Crippen molar-refractivity contribution in [2.75, 3.05) is 5.73 Å². The molecule has 3 heteroatoms. The first kappa shape index (κ1) is 9.06. The molecule has 0 saturated heterocycles. The second kappa shape index (κ2) is 3.01. The summed E-state index contributed by atoms with van der Waals surface area (Å²) in [4.78, 5) is 4.27. The van der Waals surface area contributed by atoms with E-state index in [0.717, 1.165) is 22.4 Å². The van der Waals surface area contributed by atoms with E-state index in [9.17, 15) is 0 Å². The first-order valence-electron chi connectivity index (χ1n) is 4.74. The van der Waals surface area contributed by atoms with Crippen molar-refractivity contribution in [1.82, 2.24) is 4.98 Å². The fraction of sp³-hybridized carbons (Fsp3) is 0.364. The normalized spacial score (nSPS) is 11.4. The fourth-order valence-corrected chi connectivity index (χ4v) is 1.62. The summed E-state index contributed by atoms with van der Waals surface area (Å²) in [5.41, 5.74) is 9.38. The maximum absolute atomic E-state index is 5.79. The van der Waals surface area contributed by atoms with E-state index in [-0.39, 0.29) is 0 Å². The Morgan fingerprint density at radius 1 is 1.36 bits per heavy atom. The highest BCUT2D eigenvalue weighted by Gasteiger charge is 2.11. The third-order valence-electron chi connectivity index (χ3n) is 2.27. The van der Waals surface area contributed by atoms with Gasteiger partial charge in [0.25, 0.3) is 0 Å². The van der Waals surface area contributed by atoms with Crippen LogP contribution in [0.1, 0.15) is 31.2 Å². The van der Waals surface area contributed by atoms with E-state index in [1.165, 1.54) is 0 Å². The Morgan fingerprint density at radius 2 is 2.07 bits per heavy atom. The summed E-state index contributed by atoms with van der Waals surface area (Å²) in [5.74, 6) is 1.08. The summed E-state index contributed by atoms with van der Waals surface area (Å²) in [5, 5.41) is 0. The quantitative estimate of drug-likeness (QED) is 0.703. The van der Waals surface area contributed by atoms with Crippen molar-refractivity contribution in [3.8, 4) is 0 Å². The summed E-state index contributed by atoms with van der Waals surface area (Å²) in [7, 11) is 0. The molecule has 74 valence electrons. The van der Waals surface area contributed by atoms with Crippen molar-refractivity contribution in [3.05, 3.63) is 23.6 Å². The maximum atomic E-state index is 5.79. The average Bonchev–Trinajstić information content (AvgIpc) is 2.42. The molecule has 0 spiro atoms. The van der Waals surface area contributed by atoms with Gasteiger partial charge in [-0.25, -0.2) is 4.98 Å². The number of hydrogen-bond acceptors (Lipinski definition) is 3. The van der Waals surface area contributed by atoms with Gasteiger partial charge in [0.2, 0.25) is 0 Å². The van der Waals surface area contributed by atoms with Crippen LogP contribution in [-0.2, 0) is 0 Å². The number of oxazole rings is 1. The molecule has 2 N–H and O–H groups in total. The van der Waals surface area contributed by atoms with Crippen molar-refractivity contribution in [3.63, 3.8) is 0 Å². The van der Waals surface area contributed by atoms with Gasteiger partial charge in [0.15, 0.2) is 11.5 Å². The standard InChI is InChI=1S/C11H14N2O/c1-6(2)9-4-8(12)5-10-11(9)14-7(3)13-10/h4-6H,12H2,1-3H3. The van der Waals surface area contributed by atoms with E-state index >= 15 is 0 Å². The number of fused-ring (bicyclic) bond motifs is 1. The lowest BCUT2D eigenvalue weighted by Crippen LogP contribution is -1.92. The van der Waals surface area contributed by atoms with Crippen molar-refractivity contribution >= 4 is 16.8 Å². The van der Waals surface area contributed by atoms with Gasteiger partial charge in [-0.05, 0) is 18.1 Å². The average molecular weight is 190 g/mol. The first-order valence-corrected chi connectivity index (χ1v) is 4.74. The summed E-state index contributed by atoms with van der Waals surface area (Å²) < 4.78 is 5.55. The van der Waals surface area contributed by atoms with Crippen molar-refractivity contribution in [2.24, 2.45) is 0 Å². The summed E-state index contributed by atoms with van der Waals surface area (Å²) in [6, 6.07) is 3.80. The second-order valence-electron chi connectivity index (χ2n) is 3.85. The van der Waals surface area contributed by atoms with E-state index in [1.54, 1.807) is 0 Å². The van der Waals surface area contributed by atoms with E-state index in [2.05, 4.69) is 18.8 Å². The van der Waals surface area contributed by atoms with Crippen LogP contribution in [0.5, 0.6) is 0 Å². The summed E-state index contributed by atoms with van der Waals surface area (Å²) in [6.07, 6.45) is 0. The number of hydrogen-bond donors (Lipinski definition) is 1. The van der Waals surface area contributed by atoms with Gasteiger partial charge in [-0.3, -0.25) is 0 Å². The van der Waals surface area contributed by atoms with E-state index in [4.69, 9.17) is 10.2 Å². The number of aryl methyl sites for hydroxylation is 1. The predicted octanol–water partition coefficient (Wildman–Crippen LogP) is 2.84. The molecule has 0 aliphatic heterocycles. The van der Waals surface area contributed by atoms with Crippen LogP contribution in [0.2, 0.25) is 0 Å². The molecule has 0 amide bonds. The lowest BCUT2D eigenvalue weighted by molar-refractivity contribution is 0.555. The first-order chi connectivity index (χ1) is 6.58. The Bertz CT molecular complexity index is 471. The zero-order valence-corrected chi connectivity index (χ0v) is 8.66. The van der Waals surface area contributed by atoms with Gasteiger partial charge in [0.05, 0.1) is 0 Å². The molecular weight excluding hydrogens is 176 g/mol. The van der Waals surface area contributed by atoms with Gasteiger partial charge in [0.1, 0.15) is 5.52 Å². The molecule has 0 bridgehead atoms. The molecule has 0 aliphatic carbocycles. The van der Waals surface area contributed by atoms with Crippen LogP contribution in [0.15, 0.2) is 16.5 Å². The smallest absolute Gasteiger partial charge is 0.192 e. The van der Waals surface area contributed by atoms with E-state index in [1.807, 2.05) is 19.1 Å². The molecule has 3 nitrogen and oxygen atoms in total. The number of nitrogens with zero attached hydrogens (tertiary/aromatic N) is 1. The van der Waals surface area contributed by atoms with Crippen LogP contribution in [0.4, 0.5) is 5.69 Å². The Kier molecular flexibility index (Phi) is 1.95. The zero-order chi connectivity index (χ0) is 10.3. The second-order valence-corrected chi connectivity index (χ2v) is 3.85. The van der Waals surface area contributed by atoms with Crippen LogP contribution in [-0.4, -0.2) is 4.98 Å². The minimum atomic E-state index is 0.397. The molecule has 0 aliphatic rings. The zero-order valence-electron chi connectivity index (χ0n) is 8.66. The number of nitrogens with two attached hydrogens (primary N) is 1. The number of nitrogen functional groups attached to an aromatic ring is 1. The summed E-state index contributed by atoms with van der Waals surface area (Å²) >= 11 is 0. The van der Waals surface area contributed by atoms with Crippen LogP contribution in [0, 0.1) is 6.92 Å². The number of rotatable bonds is 1. The van der Waals surface area contributed by atoms with E-state index < -0.39 is 0 Å². The largest absolute Gasteiger partial charge is 0.441 e. The molecular formula is C11H14N2O. The fourth-order valence-electron chi connectivity index (χ4n) is 1.62. The van der Waals surface area contributed by atoms with Crippen molar-refractivity contribution < 1.29 is 4.42 Å². The van der Waals surface area contributed by atoms with Crippen molar-refractivity contribution in [1.29, 1.82) is 0 Å². The molecule has 0 saturated carbocycles.